The molecule has 90 valence electrons. The van der Waals surface area contributed by atoms with Crippen molar-refractivity contribution in [3.63, 3.8) is 0 Å². The van der Waals surface area contributed by atoms with Crippen molar-refractivity contribution >= 4 is 0 Å². The van der Waals surface area contributed by atoms with Crippen LogP contribution in [0.25, 0.3) is 0 Å². The maximum Gasteiger partial charge on any atom is 0.0599 e. The Kier molecular flexibility index (Phi) is 4.56. The van der Waals surface area contributed by atoms with E-state index in [1.165, 1.54) is 12.8 Å². The Balaban J connectivity index is 2.72. The molecule has 0 aromatic heterocycles. The second kappa shape index (κ2) is 5.28. The van der Waals surface area contributed by atoms with Gasteiger partial charge in [-0.15, -0.1) is 0 Å². The zero-order valence-corrected chi connectivity index (χ0v) is 10.7. The Morgan fingerprint density at radius 1 is 1.40 bits per heavy atom. The van der Waals surface area contributed by atoms with Gasteiger partial charge in [0.2, 0.25) is 0 Å². The Morgan fingerprint density at radius 3 is 2.60 bits per heavy atom. The highest BCUT2D eigenvalue weighted by atomic mass is 16.3. The first kappa shape index (κ1) is 12.9. The maximum atomic E-state index is 9.37. The first-order valence-corrected chi connectivity index (χ1v) is 6.07. The summed E-state index contributed by atoms with van der Waals surface area (Å²) in [5, 5.41) is 9.37. The minimum atomic E-state index is 0.271. The fraction of sp³-hybridized carbons (Fsp3) is 1.00. The Bertz CT molecular complexity index is 194. The first-order valence-electron chi connectivity index (χ1n) is 6.07. The summed E-state index contributed by atoms with van der Waals surface area (Å²) in [6.45, 7) is 10.3. The summed E-state index contributed by atoms with van der Waals surface area (Å²) in [6, 6.07) is 0.304. The molecule has 1 heterocycles. The minimum Gasteiger partial charge on any atom is -0.395 e. The summed E-state index contributed by atoms with van der Waals surface area (Å²) in [5.74, 6) is 0. The van der Waals surface area contributed by atoms with Crippen LogP contribution >= 0.6 is 0 Å². The molecule has 1 rings (SSSR count). The van der Waals surface area contributed by atoms with Crippen molar-refractivity contribution in [2.24, 2.45) is 0 Å². The van der Waals surface area contributed by atoms with Crippen LogP contribution in [0.1, 0.15) is 33.6 Å². The summed E-state index contributed by atoms with van der Waals surface area (Å²) in [7, 11) is 2.12. The molecule has 3 heteroatoms. The normalized spacial score (nSPS) is 29.0. The van der Waals surface area contributed by atoms with Gasteiger partial charge in [-0.3, -0.25) is 9.80 Å². The molecule has 0 radical (unpaired) electrons. The van der Waals surface area contributed by atoms with Crippen molar-refractivity contribution in [3.8, 4) is 0 Å². The van der Waals surface area contributed by atoms with E-state index >= 15 is 0 Å². The van der Waals surface area contributed by atoms with E-state index in [1.807, 2.05) is 0 Å². The molecule has 15 heavy (non-hydrogen) atoms. The Hall–Kier alpha value is -0.120. The molecule has 1 fully saturated rings. The third-order valence-corrected chi connectivity index (χ3v) is 3.69. The number of aliphatic hydroxyl groups excluding tert-OH is 1. The quantitative estimate of drug-likeness (QED) is 0.764. The lowest BCUT2D eigenvalue weighted by atomic mass is 9.98. The molecule has 1 unspecified atom stereocenters. The number of hydrogen-bond acceptors (Lipinski definition) is 3. The molecule has 0 aromatic rings. The van der Waals surface area contributed by atoms with E-state index in [1.54, 1.807) is 0 Å². The van der Waals surface area contributed by atoms with Crippen molar-refractivity contribution in [2.45, 2.75) is 45.2 Å². The number of nitrogens with zero attached hydrogens (tertiary/aromatic N) is 2. The van der Waals surface area contributed by atoms with Crippen molar-refractivity contribution < 1.29 is 5.11 Å². The molecule has 1 saturated heterocycles. The molecule has 1 atom stereocenters. The average molecular weight is 214 g/mol. The van der Waals surface area contributed by atoms with Crippen LogP contribution in [0.4, 0.5) is 0 Å². The highest BCUT2D eigenvalue weighted by Crippen LogP contribution is 2.24. The molecule has 0 amide bonds. The van der Waals surface area contributed by atoms with Gasteiger partial charge in [0.1, 0.15) is 0 Å². The third-order valence-electron chi connectivity index (χ3n) is 3.69. The summed E-state index contributed by atoms with van der Waals surface area (Å²) in [6.07, 6.45) is 2.37. The smallest absolute Gasteiger partial charge is 0.0599 e. The second-order valence-electron chi connectivity index (χ2n) is 5.33. The molecule has 0 bridgehead atoms. The van der Waals surface area contributed by atoms with Gasteiger partial charge in [0.05, 0.1) is 6.61 Å². The molecular weight excluding hydrogens is 188 g/mol. The number of rotatable bonds is 3. The molecule has 0 aromatic carbocycles. The number of aliphatic hydroxyl groups is 1. The van der Waals surface area contributed by atoms with Gasteiger partial charge in [0, 0.05) is 24.7 Å². The van der Waals surface area contributed by atoms with Gasteiger partial charge in [-0.1, -0.05) is 6.92 Å². The van der Waals surface area contributed by atoms with Crippen LogP contribution in [0.15, 0.2) is 0 Å². The van der Waals surface area contributed by atoms with Gasteiger partial charge in [-0.25, -0.2) is 0 Å². The fourth-order valence-electron chi connectivity index (χ4n) is 2.29. The molecule has 1 N–H and O–H groups in total. The molecule has 3 nitrogen and oxygen atoms in total. The second-order valence-corrected chi connectivity index (χ2v) is 5.33. The molecule has 0 aliphatic carbocycles. The van der Waals surface area contributed by atoms with Gasteiger partial charge >= 0.3 is 0 Å². The van der Waals surface area contributed by atoms with E-state index in [-0.39, 0.29) is 12.1 Å². The zero-order valence-electron chi connectivity index (χ0n) is 10.7. The average Bonchev–Trinajstić information content (AvgIpc) is 2.29. The van der Waals surface area contributed by atoms with E-state index < -0.39 is 0 Å². The zero-order chi connectivity index (χ0) is 11.5. The maximum absolute atomic E-state index is 9.37. The lowest BCUT2D eigenvalue weighted by molar-refractivity contribution is 0.0933. The van der Waals surface area contributed by atoms with Crippen LogP contribution in [-0.2, 0) is 0 Å². The van der Waals surface area contributed by atoms with Gasteiger partial charge < -0.3 is 5.11 Å². The minimum absolute atomic E-state index is 0.271. The SMILES string of the molecule is CCCN1CC(CO)N(C)CCC1(C)C. The molecule has 1 aliphatic heterocycles. The van der Waals surface area contributed by atoms with E-state index in [0.717, 1.165) is 19.6 Å². The van der Waals surface area contributed by atoms with E-state index in [4.69, 9.17) is 0 Å². The van der Waals surface area contributed by atoms with Gasteiger partial charge in [-0.2, -0.15) is 0 Å². The standard InChI is InChI=1S/C12H26N2O/c1-5-7-14-9-11(10-15)13(4)8-6-12(14,2)3/h11,15H,5-10H2,1-4H3. The van der Waals surface area contributed by atoms with Crippen LogP contribution in [-0.4, -0.2) is 59.8 Å². The van der Waals surface area contributed by atoms with E-state index in [0.29, 0.717) is 6.04 Å². The topological polar surface area (TPSA) is 26.7 Å². The highest BCUT2D eigenvalue weighted by Gasteiger charge is 2.32. The molecule has 0 saturated carbocycles. The van der Waals surface area contributed by atoms with Crippen molar-refractivity contribution in [1.29, 1.82) is 0 Å². The van der Waals surface area contributed by atoms with Crippen molar-refractivity contribution in [1.82, 2.24) is 9.80 Å². The predicted molar refractivity (Wildman–Crippen MR) is 64.1 cm³/mol. The first-order chi connectivity index (χ1) is 7.01. The van der Waals surface area contributed by atoms with Gasteiger partial charge in [-0.05, 0) is 40.3 Å². The predicted octanol–water partition coefficient (Wildman–Crippen LogP) is 1.17. The summed E-state index contributed by atoms with van der Waals surface area (Å²) >= 11 is 0. The van der Waals surface area contributed by atoms with Crippen LogP contribution in [0, 0.1) is 0 Å². The summed E-state index contributed by atoms with van der Waals surface area (Å²) in [5.41, 5.74) is 0.272. The molecular formula is C12H26N2O. The van der Waals surface area contributed by atoms with Crippen LogP contribution in [0.3, 0.4) is 0 Å². The number of hydrogen-bond donors (Lipinski definition) is 1. The van der Waals surface area contributed by atoms with E-state index in [9.17, 15) is 5.11 Å². The Morgan fingerprint density at radius 2 is 2.07 bits per heavy atom. The van der Waals surface area contributed by atoms with Crippen molar-refractivity contribution in [2.75, 3.05) is 33.3 Å². The lowest BCUT2D eigenvalue weighted by Gasteiger charge is -2.37. The van der Waals surface area contributed by atoms with Gasteiger partial charge in [0.15, 0.2) is 0 Å². The van der Waals surface area contributed by atoms with E-state index in [2.05, 4.69) is 37.6 Å². The van der Waals surface area contributed by atoms with Crippen LogP contribution in [0.5, 0.6) is 0 Å². The van der Waals surface area contributed by atoms with Crippen LogP contribution in [0.2, 0.25) is 0 Å². The third kappa shape index (κ3) is 3.16. The van der Waals surface area contributed by atoms with Crippen molar-refractivity contribution in [3.05, 3.63) is 0 Å². The van der Waals surface area contributed by atoms with Crippen LogP contribution < -0.4 is 0 Å². The Labute approximate surface area is 94.1 Å². The number of likely N-dealkylation sites (N-methyl/N-ethyl adjacent to an activating group) is 1. The largest absolute Gasteiger partial charge is 0.395 e. The molecule has 1 aliphatic rings. The lowest BCUT2D eigenvalue weighted by Crippen LogP contribution is -2.47. The monoisotopic (exact) mass is 214 g/mol. The van der Waals surface area contributed by atoms with Gasteiger partial charge in [0.25, 0.3) is 0 Å². The fourth-order valence-corrected chi connectivity index (χ4v) is 2.29. The molecule has 0 spiro atoms. The summed E-state index contributed by atoms with van der Waals surface area (Å²) in [4.78, 5) is 4.81. The highest BCUT2D eigenvalue weighted by molar-refractivity contribution is 4.89. The summed E-state index contributed by atoms with van der Waals surface area (Å²) < 4.78 is 0.